The molecule has 0 saturated carbocycles. The van der Waals surface area contributed by atoms with Crippen molar-refractivity contribution in [2.75, 3.05) is 19.5 Å². The van der Waals surface area contributed by atoms with Crippen LogP contribution in [0, 0.1) is 12.8 Å². The molecule has 1 N–H and O–H groups in total. The van der Waals surface area contributed by atoms with Crippen molar-refractivity contribution in [2.45, 2.75) is 46.6 Å². The van der Waals surface area contributed by atoms with Crippen LogP contribution in [0.3, 0.4) is 0 Å². The monoisotopic (exact) mass is 475 g/mol. The smallest absolute Gasteiger partial charge is 0.162 e. The van der Waals surface area contributed by atoms with Crippen molar-refractivity contribution in [1.82, 2.24) is 9.97 Å². The molecule has 178 valence electrons. The fraction of sp³-hybridized carbons (Fsp3) is 0.357. The van der Waals surface area contributed by atoms with Crippen molar-refractivity contribution in [2.24, 2.45) is 5.92 Å². The van der Waals surface area contributed by atoms with Gasteiger partial charge in [0.1, 0.15) is 11.6 Å². The number of hydrogen-bond acceptors (Lipinski definition) is 6. The van der Waals surface area contributed by atoms with E-state index in [4.69, 9.17) is 14.5 Å². The highest BCUT2D eigenvalue weighted by Gasteiger charge is 2.17. The van der Waals surface area contributed by atoms with Crippen LogP contribution in [0.25, 0.3) is 22.0 Å². The van der Waals surface area contributed by atoms with E-state index in [1.165, 1.54) is 28.0 Å². The molecule has 2 aromatic heterocycles. The molecule has 0 radical (unpaired) electrons. The van der Waals surface area contributed by atoms with Crippen LogP contribution in [0.4, 0.5) is 5.82 Å². The summed E-state index contributed by atoms with van der Waals surface area (Å²) >= 11 is 1.78. The first-order chi connectivity index (χ1) is 16.4. The first-order valence-electron chi connectivity index (χ1n) is 11.8. The van der Waals surface area contributed by atoms with Gasteiger partial charge in [-0.3, -0.25) is 0 Å². The molecule has 0 amide bonds. The lowest BCUT2D eigenvalue weighted by molar-refractivity contribution is 0.356. The molecule has 6 heteroatoms. The Labute approximate surface area is 206 Å². The summed E-state index contributed by atoms with van der Waals surface area (Å²) in [5, 5.41) is 6.79. The Bertz CT molecular complexity index is 1280. The summed E-state index contributed by atoms with van der Waals surface area (Å²) in [6.07, 6.45) is 2.29. The van der Waals surface area contributed by atoms with E-state index in [0.29, 0.717) is 23.2 Å². The van der Waals surface area contributed by atoms with E-state index in [-0.39, 0.29) is 6.04 Å². The number of fused-ring (bicyclic) bond motifs is 1. The third-order valence-electron chi connectivity index (χ3n) is 6.31. The first-order valence-corrected chi connectivity index (χ1v) is 12.6. The average molecular weight is 476 g/mol. The maximum atomic E-state index is 5.51. The molecule has 0 bridgehead atoms. The van der Waals surface area contributed by atoms with Gasteiger partial charge in [-0.25, -0.2) is 9.97 Å². The lowest BCUT2D eigenvalue weighted by Crippen LogP contribution is -2.08. The van der Waals surface area contributed by atoms with Gasteiger partial charge in [0.25, 0.3) is 0 Å². The highest BCUT2D eigenvalue weighted by atomic mass is 32.1. The largest absolute Gasteiger partial charge is 0.493 e. The Balaban J connectivity index is 1.64. The number of anilines is 1. The standard InChI is InChI=1S/C28H33N3O2S/c1-7-17(2)12-20-10-8-9-11-22(20)21-13-27(34-16-21)18(3)29-28-23-14-25(32-5)26(33-6)15-24(23)30-19(4)31-28/h8-11,13-18H,7,12H2,1-6H3,(H,29,30,31). The molecule has 2 atom stereocenters. The number of benzene rings is 2. The molecular weight excluding hydrogens is 442 g/mol. The van der Waals surface area contributed by atoms with Gasteiger partial charge >= 0.3 is 0 Å². The summed E-state index contributed by atoms with van der Waals surface area (Å²) in [5.74, 6) is 3.49. The third-order valence-corrected chi connectivity index (χ3v) is 7.42. The van der Waals surface area contributed by atoms with E-state index in [1.54, 1.807) is 25.6 Å². The van der Waals surface area contributed by atoms with Crippen LogP contribution in [0.1, 0.15) is 49.5 Å². The molecule has 5 nitrogen and oxygen atoms in total. The SMILES string of the molecule is CCC(C)Cc1ccccc1-c1csc(C(C)Nc2nc(C)nc3cc(OC)c(OC)cc23)c1. The number of nitrogens with one attached hydrogen (secondary N) is 1. The molecule has 0 spiro atoms. The summed E-state index contributed by atoms with van der Waals surface area (Å²) in [4.78, 5) is 10.6. The van der Waals surface area contributed by atoms with Crippen LogP contribution in [0.15, 0.2) is 47.8 Å². The van der Waals surface area contributed by atoms with Crippen molar-refractivity contribution < 1.29 is 9.47 Å². The molecule has 2 heterocycles. The minimum Gasteiger partial charge on any atom is -0.493 e. The van der Waals surface area contributed by atoms with Gasteiger partial charge in [-0.15, -0.1) is 11.3 Å². The number of thiophene rings is 1. The van der Waals surface area contributed by atoms with Gasteiger partial charge in [0.15, 0.2) is 11.5 Å². The molecule has 0 aliphatic heterocycles. The summed E-state index contributed by atoms with van der Waals surface area (Å²) in [6.45, 7) is 8.65. The van der Waals surface area contributed by atoms with E-state index in [2.05, 4.69) is 66.8 Å². The van der Waals surface area contributed by atoms with Crippen LogP contribution in [-0.2, 0) is 6.42 Å². The summed E-state index contributed by atoms with van der Waals surface area (Å²) < 4.78 is 11.0. The Hall–Kier alpha value is -3.12. The minimum atomic E-state index is 0.0890. The predicted octanol–water partition coefficient (Wildman–Crippen LogP) is 7.45. The van der Waals surface area contributed by atoms with Crippen molar-refractivity contribution >= 4 is 28.1 Å². The summed E-state index contributed by atoms with van der Waals surface area (Å²) in [6, 6.07) is 15.0. The number of hydrogen-bond donors (Lipinski definition) is 1. The van der Waals surface area contributed by atoms with Crippen LogP contribution < -0.4 is 14.8 Å². The number of rotatable bonds is 9. The Morgan fingerprint density at radius 3 is 2.47 bits per heavy atom. The lowest BCUT2D eigenvalue weighted by Gasteiger charge is -2.17. The Morgan fingerprint density at radius 1 is 1.00 bits per heavy atom. The molecular formula is C28H33N3O2S. The van der Waals surface area contributed by atoms with Crippen LogP contribution in [-0.4, -0.2) is 24.2 Å². The number of methoxy groups -OCH3 is 2. The number of aryl methyl sites for hydroxylation is 1. The van der Waals surface area contributed by atoms with Crippen molar-refractivity contribution in [3.8, 4) is 22.6 Å². The highest BCUT2D eigenvalue weighted by Crippen LogP contribution is 2.37. The molecule has 0 aliphatic carbocycles. The van der Waals surface area contributed by atoms with Gasteiger partial charge in [0.05, 0.1) is 25.8 Å². The number of aromatic nitrogens is 2. The molecule has 34 heavy (non-hydrogen) atoms. The van der Waals surface area contributed by atoms with E-state index in [0.717, 1.165) is 23.1 Å². The second-order valence-corrected chi connectivity index (χ2v) is 9.77. The molecule has 0 saturated heterocycles. The van der Waals surface area contributed by atoms with Crippen LogP contribution >= 0.6 is 11.3 Å². The van der Waals surface area contributed by atoms with Gasteiger partial charge < -0.3 is 14.8 Å². The normalized spacial score (nSPS) is 13.0. The second-order valence-electron chi connectivity index (χ2n) is 8.82. The topological polar surface area (TPSA) is 56.3 Å². The maximum Gasteiger partial charge on any atom is 0.162 e. The average Bonchev–Trinajstić information content (AvgIpc) is 3.33. The first kappa shape index (κ1) is 24.0. The minimum absolute atomic E-state index is 0.0890. The van der Waals surface area contributed by atoms with Crippen molar-refractivity contribution in [1.29, 1.82) is 0 Å². The third kappa shape index (κ3) is 5.02. The summed E-state index contributed by atoms with van der Waals surface area (Å²) in [7, 11) is 3.27. The quantitative estimate of drug-likeness (QED) is 0.272. The number of ether oxygens (including phenoxy) is 2. The maximum absolute atomic E-state index is 5.51. The Kier molecular flexibility index (Phi) is 7.37. The lowest BCUT2D eigenvalue weighted by atomic mass is 9.93. The number of nitrogens with zero attached hydrogens (tertiary/aromatic N) is 2. The molecule has 0 fully saturated rings. The van der Waals surface area contributed by atoms with Gasteiger partial charge in [-0.2, -0.15) is 0 Å². The van der Waals surface area contributed by atoms with Crippen LogP contribution in [0.2, 0.25) is 0 Å². The zero-order valence-electron chi connectivity index (χ0n) is 20.8. The molecule has 2 unspecified atom stereocenters. The molecule has 4 rings (SSSR count). The highest BCUT2D eigenvalue weighted by molar-refractivity contribution is 7.10. The molecule has 0 aliphatic rings. The van der Waals surface area contributed by atoms with E-state index < -0.39 is 0 Å². The van der Waals surface area contributed by atoms with Crippen LogP contribution in [0.5, 0.6) is 11.5 Å². The van der Waals surface area contributed by atoms with E-state index in [1.807, 2.05) is 19.1 Å². The zero-order valence-corrected chi connectivity index (χ0v) is 21.6. The summed E-state index contributed by atoms with van der Waals surface area (Å²) in [5.41, 5.74) is 4.85. The van der Waals surface area contributed by atoms with E-state index >= 15 is 0 Å². The Morgan fingerprint density at radius 2 is 1.74 bits per heavy atom. The van der Waals surface area contributed by atoms with Gasteiger partial charge in [-0.1, -0.05) is 44.5 Å². The van der Waals surface area contributed by atoms with Gasteiger partial charge in [-0.05, 0) is 60.4 Å². The molecule has 2 aromatic carbocycles. The molecule has 4 aromatic rings. The van der Waals surface area contributed by atoms with E-state index in [9.17, 15) is 0 Å². The second kappa shape index (κ2) is 10.4. The van der Waals surface area contributed by atoms with Gasteiger partial charge in [0.2, 0.25) is 0 Å². The van der Waals surface area contributed by atoms with Gasteiger partial charge in [0, 0.05) is 16.3 Å². The fourth-order valence-electron chi connectivity index (χ4n) is 4.18. The zero-order chi connectivity index (χ0) is 24.2. The fourth-order valence-corrected chi connectivity index (χ4v) is 5.09. The predicted molar refractivity (Wildman–Crippen MR) is 142 cm³/mol. The van der Waals surface area contributed by atoms with Crippen molar-refractivity contribution in [3.63, 3.8) is 0 Å². The van der Waals surface area contributed by atoms with Crippen molar-refractivity contribution in [3.05, 3.63) is 64.1 Å².